The van der Waals surface area contributed by atoms with Gasteiger partial charge in [-0.25, -0.2) is 0 Å². The molecule has 0 aliphatic heterocycles. The molecule has 0 saturated carbocycles. The summed E-state index contributed by atoms with van der Waals surface area (Å²) in [6.45, 7) is 1.63. The Morgan fingerprint density at radius 1 is 1.44 bits per heavy atom. The molecule has 7 heteroatoms. The topological polar surface area (TPSA) is 103 Å². The first-order chi connectivity index (χ1) is 8.60. The van der Waals surface area contributed by atoms with Gasteiger partial charge < -0.3 is 14.9 Å². The smallest absolute Gasteiger partial charge is 0.322 e. The molecule has 0 radical (unpaired) electrons. The number of hydrogen-bond donors (Lipinski definition) is 2. The van der Waals surface area contributed by atoms with Gasteiger partial charge in [0.25, 0.3) is 5.91 Å². The molecule has 0 atom stereocenters. The number of anilines is 2. The summed E-state index contributed by atoms with van der Waals surface area (Å²) >= 11 is 0. The lowest BCUT2D eigenvalue weighted by Crippen LogP contribution is -2.14. The van der Waals surface area contributed by atoms with E-state index in [1.54, 1.807) is 19.1 Å². The summed E-state index contributed by atoms with van der Waals surface area (Å²) in [5.41, 5.74) is 6.34. The Labute approximate surface area is 103 Å². The summed E-state index contributed by atoms with van der Waals surface area (Å²) in [5, 5.41) is 9.72. The van der Waals surface area contributed by atoms with Crippen LogP contribution in [0.3, 0.4) is 0 Å². The fraction of sp³-hybridized carbons (Fsp3) is 0.182. The van der Waals surface area contributed by atoms with Gasteiger partial charge in [-0.2, -0.15) is 0 Å². The molecule has 1 aromatic carbocycles. The Morgan fingerprint density at radius 3 is 2.83 bits per heavy atom. The lowest BCUT2D eigenvalue weighted by molar-refractivity contribution is 0.102. The number of ether oxygens (including phenoxy) is 1. The molecule has 3 N–H and O–H groups in total. The molecule has 7 nitrogen and oxygen atoms in total. The molecule has 0 aliphatic carbocycles. The molecule has 18 heavy (non-hydrogen) atoms. The average molecular weight is 248 g/mol. The third-order valence-electron chi connectivity index (χ3n) is 2.25. The lowest BCUT2D eigenvalue weighted by Gasteiger charge is -2.06. The summed E-state index contributed by atoms with van der Waals surface area (Å²) in [5.74, 6) is 0.468. The van der Waals surface area contributed by atoms with Crippen LogP contribution in [0.1, 0.15) is 16.2 Å². The normalized spacial score (nSPS) is 10.1. The summed E-state index contributed by atoms with van der Waals surface area (Å²) in [4.78, 5) is 11.9. The van der Waals surface area contributed by atoms with Crippen LogP contribution in [0, 0.1) is 6.92 Å². The number of amides is 1. The Kier molecular flexibility index (Phi) is 3.13. The third-order valence-corrected chi connectivity index (χ3v) is 2.25. The lowest BCUT2D eigenvalue weighted by atomic mass is 10.1. The second-order valence-corrected chi connectivity index (χ2v) is 3.53. The number of benzene rings is 1. The maximum absolute atomic E-state index is 11.9. The van der Waals surface area contributed by atoms with Gasteiger partial charge in [-0.1, -0.05) is 5.10 Å². The molecule has 1 aromatic heterocycles. The second-order valence-electron chi connectivity index (χ2n) is 3.53. The van der Waals surface area contributed by atoms with Crippen LogP contribution in [0.15, 0.2) is 22.6 Å². The highest BCUT2D eigenvalue weighted by molar-refractivity contribution is 6.07. The fourth-order valence-corrected chi connectivity index (χ4v) is 1.37. The summed E-state index contributed by atoms with van der Waals surface area (Å²) in [6.07, 6.45) is 0. The van der Waals surface area contributed by atoms with Gasteiger partial charge >= 0.3 is 6.01 Å². The highest BCUT2D eigenvalue weighted by atomic mass is 16.5. The van der Waals surface area contributed by atoms with Crippen molar-refractivity contribution in [1.82, 2.24) is 10.2 Å². The molecular formula is C11H12N4O3. The molecular weight excluding hydrogens is 236 g/mol. The number of carbonyl (C=O) groups excluding carboxylic acids is 1. The SMILES string of the molecule is COc1ccc(N)c(C(=O)Nc2nnc(C)o2)c1. The van der Waals surface area contributed by atoms with E-state index in [2.05, 4.69) is 15.5 Å². The summed E-state index contributed by atoms with van der Waals surface area (Å²) < 4.78 is 10.1. The van der Waals surface area contributed by atoms with Gasteiger partial charge in [-0.15, -0.1) is 5.10 Å². The predicted molar refractivity (Wildman–Crippen MR) is 64.4 cm³/mol. The predicted octanol–water partition coefficient (Wildman–Crippen LogP) is 1.22. The van der Waals surface area contributed by atoms with E-state index in [9.17, 15) is 4.79 Å². The van der Waals surface area contributed by atoms with Crippen molar-refractivity contribution in [3.8, 4) is 5.75 Å². The number of aryl methyl sites for hydroxylation is 1. The Morgan fingerprint density at radius 2 is 2.22 bits per heavy atom. The first-order valence-corrected chi connectivity index (χ1v) is 5.15. The minimum absolute atomic E-state index is 0.0275. The van der Waals surface area contributed by atoms with Crippen LogP contribution in [-0.2, 0) is 0 Å². The zero-order chi connectivity index (χ0) is 13.1. The van der Waals surface area contributed by atoms with E-state index in [-0.39, 0.29) is 11.6 Å². The van der Waals surface area contributed by atoms with E-state index in [4.69, 9.17) is 14.9 Å². The number of carbonyl (C=O) groups is 1. The molecule has 0 spiro atoms. The zero-order valence-corrected chi connectivity index (χ0v) is 9.93. The van der Waals surface area contributed by atoms with Gasteiger partial charge in [0.05, 0.1) is 12.7 Å². The van der Waals surface area contributed by atoms with E-state index in [1.165, 1.54) is 13.2 Å². The number of nitrogens with one attached hydrogen (secondary N) is 1. The average Bonchev–Trinajstić information content (AvgIpc) is 2.75. The van der Waals surface area contributed by atoms with Gasteiger partial charge in [0.1, 0.15) is 5.75 Å². The van der Waals surface area contributed by atoms with Crippen LogP contribution >= 0.6 is 0 Å². The van der Waals surface area contributed by atoms with E-state index in [0.717, 1.165) is 0 Å². The first-order valence-electron chi connectivity index (χ1n) is 5.15. The summed E-state index contributed by atoms with van der Waals surface area (Å²) in [7, 11) is 1.51. The van der Waals surface area contributed by atoms with Crippen molar-refractivity contribution in [3.63, 3.8) is 0 Å². The van der Waals surface area contributed by atoms with Gasteiger partial charge in [-0.3, -0.25) is 10.1 Å². The van der Waals surface area contributed by atoms with Crippen LogP contribution < -0.4 is 15.8 Å². The molecule has 0 unspecified atom stereocenters. The Bertz CT molecular complexity index is 579. The number of hydrogen-bond acceptors (Lipinski definition) is 6. The van der Waals surface area contributed by atoms with Crippen molar-refractivity contribution in [2.75, 3.05) is 18.2 Å². The van der Waals surface area contributed by atoms with Crippen molar-refractivity contribution >= 4 is 17.6 Å². The Balaban J connectivity index is 2.23. The van der Waals surface area contributed by atoms with E-state index in [0.29, 0.717) is 17.3 Å². The molecule has 94 valence electrons. The number of nitrogens with two attached hydrogens (primary N) is 1. The highest BCUT2D eigenvalue weighted by Crippen LogP contribution is 2.20. The molecule has 1 heterocycles. The molecule has 2 rings (SSSR count). The van der Waals surface area contributed by atoms with Crippen molar-refractivity contribution in [2.24, 2.45) is 0 Å². The minimum Gasteiger partial charge on any atom is -0.497 e. The van der Waals surface area contributed by atoms with E-state index >= 15 is 0 Å². The van der Waals surface area contributed by atoms with Crippen LogP contribution in [0.5, 0.6) is 5.75 Å². The number of aromatic nitrogens is 2. The van der Waals surface area contributed by atoms with Crippen LogP contribution in [0.2, 0.25) is 0 Å². The second kappa shape index (κ2) is 4.74. The van der Waals surface area contributed by atoms with Crippen LogP contribution in [0.4, 0.5) is 11.7 Å². The first kappa shape index (κ1) is 11.9. The number of rotatable bonds is 3. The minimum atomic E-state index is -0.435. The van der Waals surface area contributed by atoms with Crippen LogP contribution in [0.25, 0.3) is 0 Å². The monoisotopic (exact) mass is 248 g/mol. The van der Waals surface area contributed by atoms with Crippen molar-refractivity contribution in [2.45, 2.75) is 6.92 Å². The molecule has 1 amide bonds. The quantitative estimate of drug-likeness (QED) is 0.791. The van der Waals surface area contributed by atoms with E-state index < -0.39 is 5.91 Å². The molecule has 0 bridgehead atoms. The molecule has 0 saturated heterocycles. The van der Waals surface area contributed by atoms with Crippen molar-refractivity contribution < 1.29 is 13.9 Å². The molecule has 2 aromatic rings. The molecule has 0 aliphatic rings. The van der Waals surface area contributed by atoms with E-state index in [1.807, 2.05) is 0 Å². The zero-order valence-electron chi connectivity index (χ0n) is 9.93. The highest BCUT2D eigenvalue weighted by Gasteiger charge is 2.14. The van der Waals surface area contributed by atoms with Gasteiger partial charge in [0.15, 0.2) is 0 Å². The standard InChI is InChI=1S/C11H12N4O3/c1-6-14-15-11(18-6)13-10(16)8-5-7(17-2)3-4-9(8)12/h3-5H,12H2,1-2H3,(H,13,15,16). The number of nitrogen functional groups attached to an aromatic ring is 1. The number of methoxy groups -OCH3 is 1. The molecule has 0 fully saturated rings. The van der Waals surface area contributed by atoms with Crippen molar-refractivity contribution in [3.05, 3.63) is 29.7 Å². The fourth-order valence-electron chi connectivity index (χ4n) is 1.37. The summed E-state index contributed by atoms with van der Waals surface area (Å²) in [6, 6.07) is 4.82. The third kappa shape index (κ3) is 2.40. The number of nitrogens with zero attached hydrogens (tertiary/aromatic N) is 2. The Hall–Kier alpha value is -2.57. The van der Waals surface area contributed by atoms with Crippen molar-refractivity contribution in [1.29, 1.82) is 0 Å². The van der Waals surface area contributed by atoms with Gasteiger partial charge in [-0.05, 0) is 18.2 Å². The van der Waals surface area contributed by atoms with Crippen LogP contribution in [-0.4, -0.2) is 23.2 Å². The largest absolute Gasteiger partial charge is 0.497 e. The maximum atomic E-state index is 11.9. The maximum Gasteiger partial charge on any atom is 0.322 e. The van der Waals surface area contributed by atoms with Gasteiger partial charge in [0, 0.05) is 12.6 Å². The van der Waals surface area contributed by atoms with Gasteiger partial charge in [0.2, 0.25) is 5.89 Å².